The molecule has 0 saturated carbocycles. The Kier molecular flexibility index (Phi) is 5.67. The summed E-state index contributed by atoms with van der Waals surface area (Å²) >= 11 is 5.88. The molecule has 0 unspecified atom stereocenters. The van der Waals surface area contributed by atoms with E-state index in [-0.39, 0.29) is 24.0 Å². The fraction of sp³-hybridized carbons (Fsp3) is 0.333. The Morgan fingerprint density at radius 1 is 1.10 bits per heavy atom. The number of amides is 3. The zero-order valence-electron chi connectivity index (χ0n) is 17.2. The van der Waals surface area contributed by atoms with Gasteiger partial charge >= 0.3 is 0 Å². The summed E-state index contributed by atoms with van der Waals surface area (Å²) in [7, 11) is 0. The second-order valence-electron chi connectivity index (χ2n) is 8.38. The summed E-state index contributed by atoms with van der Waals surface area (Å²) in [6.07, 6.45) is 1.87. The van der Waals surface area contributed by atoms with E-state index in [4.69, 9.17) is 11.6 Å². The monoisotopic (exact) mass is 438 g/mol. The Labute approximate surface area is 185 Å². The molecule has 1 atom stereocenters. The van der Waals surface area contributed by atoms with Crippen LogP contribution in [-0.4, -0.2) is 33.9 Å². The van der Waals surface area contributed by atoms with Crippen LogP contribution >= 0.6 is 11.6 Å². The highest BCUT2D eigenvalue weighted by molar-refractivity contribution is 6.30. The Morgan fingerprint density at radius 2 is 1.81 bits per heavy atom. The van der Waals surface area contributed by atoms with Gasteiger partial charge in [-0.25, -0.2) is 0 Å². The molecule has 0 spiro atoms. The molecule has 31 heavy (non-hydrogen) atoms. The molecule has 0 aromatic heterocycles. The second-order valence-corrected chi connectivity index (χ2v) is 8.81. The maximum atomic E-state index is 12.9. The van der Waals surface area contributed by atoms with E-state index in [2.05, 4.69) is 5.32 Å². The highest BCUT2D eigenvalue weighted by Gasteiger charge is 2.48. The lowest BCUT2D eigenvalue weighted by molar-refractivity contribution is -0.142. The predicted molar refractivity (Wildman–Crippen MR) is 116 cm³/mol. The van der Waals surface area contributed by atoms with Gasteiger partial charge in [-0.15, -0.1) is 0 Å². The third kappa shape index (κ3) is 4.26. The third-order valence-corrected chi connectivity index (χ3v) is 6.41. The van der Waals surface area contributed by atoms with Crippen LogP contribution in [0.15, 0.2) is 42.5 Å². The van der Waals surface area contributed by atoms with Gasteiger partial charge in [0, 0.05) is 36.4 Å². The second kappa shape index (κ2) is 8.27. The average Bonchev–Trinajstić information content (AvgIpc) is 3.08. The van der Waals surface area contributed by atoms with E-state index in [1.54, 1.807) is 30.0 Å². The number of nitrogens with zero attached hydrogens (tertiary/aromatic N) is 1. The molecule has 0 aliphatic carbocycles. The van der Waals surface area contributed by atoms with Crippen molar-refractivity contribution in [1.82, 2.24) is 10.2 Å². The lowest BCUT2D eigenvalue weighted by atomic mass is 9.89. The van der Waals surface area contributed by atoms with Crippen molar-refractivity contribution in [3.8, 4) is 0 Å². The van der Waals surface area contributed by atoms with Crippen LogP contribution in [0.1, 0.15) is 53.2 Å². The van der Waals surface area contributed by atoms with Gasteiger partial charge in [-0.2, -0.15) is 0 Å². The van der Waals surface area contributed by atoms with Gasteiger partial charge in [0.05, 0.1) is 0 Å². The van der Waals surface area contributed by atoms with Crippen LogP contribution in [0.25, 0.3) is 0 Å². The normalized spacial score (nSPS) is 20.6. The Hall–Kier alpha value is -2.99. The Morgan fingerprint density at radius 3 is 2.52 bits per heavy atom. The molecular weight excluding hydrogens is 416 g/mol. The first-order valence-electron chi connectivity index (χ1n) is 10.3. The standard InChI is InChI=1S/C24H23ClN2O4/c1-24(11-10-21(29)26-23(24)31)27-14-17-12-15(5-9-20(17)22(27)30)4-8-19(28)13-16-2-6-18(25)7-3-16/h2-3,5-7,9,12H,4,8,10-11,13-14H2,1H3,(H,26,29,31)/t24-/m0/s1. The number of aryl methyl sites for hydroxylation is 1. The smallest absolute Gasteiger partial charge is 0.255 e. The summed E-state index contributed by atoms with van der Waals surface area (Å²) in [5.41, 5.74) is 2.28. The van der Waals surface area contributed by atoms with Crippen molar-refractivity contribution in [3.05, 3.63) is 69.7 Å². The molecule has 2 aromatic rings. The quantitative estimate of drug-likeness (QED) is 0.702. The first-order chi connectivity index (χ1) is 14.8. The van der Waals surface area contributed by atoms with Crippen LogP contribution < -0.4 is 5.32 Å². The molecule has 2 aromatic carbocycles. The lowest BCUT2D eigenvalue weighted by Gasteiger charge is -2.39. The molecule has 2 aliphatic rings. The first kappa shape index (κ1) is 21.2. The van der Waals surface area contributed by atoms with E-state index < -0.39 is 11.4 Å². The Bertz CT molecular complexity index is 1080. The van der Waals surface area contributed by atoms with Crippen molar-refractivity contribution < 1.29 is 19.2 Å². The molecule has 1 saturated heterocycles. The van der Waals surface area contributed by atoms with Gasteiger partial charge in [-0.3, -0.25) is 24.5 Å². The van der Waals surface area contributed by atoms with Crippen molar-refractivity contribution in [3.63, 3.8) is 0 Å². The van der Waals surface area contributed by atoms with Crippen molar-refractivity contribution >= 4 is 35.1 Å². The van der Waals surface area contributed by atoms with Crippen molar-refractivity contribution in [1.29, 1.82) is 0 Å². The molecule has 1 N–H and O–H groups in total. The maximum absolute atomic E-state index is 12.9. The highest BCUT2D eigenvalue weighted by atomic mass is 35.5. The summed E-state index contributed by atoms with van der Waals surface area (Å²) in [6, 6.07) is 12.8. The first-order valence-corrected chi connectivity index (χ1v) is 10.7. The minimum absolute atomic E-state index is 0.136. The van der Waals surface area contributed by atoms with Crippen LogP contribution in [0, 0.1) is 0 Å². The van der Waals surface area contributed by atoms with E-state index in [1.807, 2.05) is 24.3 Å². The number of ketones is 1. The number of carbonyl (C=O) groups excluding carboxylic acids is 4. The molecule has 7 heteroatoms. The average molecular weight is 439 g/mol. The number of carbonyl (C=O) groups is 4. The number of hydrogen-bond donors (Lipinski definition) is 1. The number of halogens is 1. The molecule has 2 aliphatic heterocycles. The maximum Gasteiger partial charge on any atom is 0.255 e. The highest BCUT2D eigenvalue weighted by Crippen LogP contribution is 2.34. The van der Waals surface area contributed by atoms with Crippen molar-refractivity contribution in [2.75, 3.05) is 0 Å². The van der Waals surface area contributed by atoms with Gasteiger partial charge in [0.1, 0.15) is 11.3 Å². The van der Waals surface area contributed by atoms with Crippen molar-refractivity contribution in [2.45, 2.75) is 51.1 Å². The molecule has 2 heterocycles. The Balaban J connectivity index is 1.41. The van der Waals surface area contributed by atoms with Crippen LogP contribution in [-0.2, 0) is 33.8 Å². The van der Waals surface area contributed by atoms with E-state index >= 15 is 0 Å². The van der Waals surface area contributed by atoms with Gasteiger partial charge in [0.25, 0.3) is 11.8 Å². The summed E-state index contributed by atoms with van der Waals surface area (Å²) < 4.78 is 0. The van der Waals surface area contributed by atoms with E-state index in [9.17, 15) is 19.2 Å². The topological polar surface area (TPSA) is 83.6 Å². The molecule has 0 bridgehead atoms. The van der Waals surface area contributed by atoms with Crippen LogP contribution in [0.5, 0.6) is 0 Å². The fourth-order valence-electron chi connectivity index (χ4n) is 4.18. The number of hydrogen-bond acceptors (Lipinski definition) is 4. The van der Waals surface area contributed by atoms with Gasteiger partial charge in [-0.1, -0.05) is 35.9 Å². The van der Waals surface area contributed by atoms with E-state index in [1.165, 1.54) is 0 Å². The third-order valence-electron chi connectivity index (χ3n) is 6.16. The minimum atomic E-state index is -1.04. The zero-order chi connectivity index (χ0) is 22.2. The lowest BCUT2D eigenvalue weighted by Crippen LogP contribution is -2.61. The number of Topliss-reactive ketones (excluding diaryl/α,β-unsaturated/α-hetero) is 1. The van der Waals surface area contributed by atoms with Gasteiger partial charge in [0.2, 0.25) is 5.91 Å². The molecule has 6 nitrogen and oxygen atoms in total. The SMILES string of the molecule is C[C@]1(N2Cc3cc(CCC(=O)Cc4ccc(Cl)cc4)ccc3C2=O)CCC(=O)NC1=O. The zero-order valence-corrected chi connectivity index (χ0v) is 18.0. The summed E-state index contributed by atoms with van der Waals surface area (Å²) in [6.45, 7) is 2.02. The number of benzene rings is 2. The van der Waals surface area contributed by atoms with Crippen LogP contribution in [0.3, 0.4) is 0 Å². The van der Waals surface area contributed by atoms with Crippen LogP contribution in [0.4, 0.5) is 0 Å². The molecule has 4 rings (SSSR count). The largest absolute Gasteiger partial charge is 0.320 e. The molecule has 3 amide bonds. The number of rotatable bonds is 6. The van der Waals surface area contributed by atoms with Crippen LogP contribution in [0.2, 0.25) is 5.02 Å². The van der Waals surface area contributed by atoms with E-state index in [0.29, 0.717) is 42.8 Å². The predicted octanol–water partition coefficient (Wildman–Crippen LogP) is 3.24. The van der Waals surface area contributed by atoms with Gasteiger partial charge in [-0.05, 0) is 54.7 Å². The summed E-state index contributed by atoms with van der Waals surface area (Å²) in [5.74, 6) is -0.806. The summed E-state index contributed by atoms with van der Waals surface area (Å²) in [5, 5.41) is 2.99. The fourth-order valence-corrected chi connectivity index (χ4v) is 4.31. The number of piperidine rings is 1. The van der Waals surface area contributed by atoms with Crippen molar-refractivity contribution in [2.24, 2.45) is 0 Å². The molecule has 1 fully saturated rings. The van der Waals surface area contributed by atoms with E-state index in [0.717, 1.165) is 16.7 Å². The van der Waals surface area contributed by atoms with Gasteiger partial charge in [0.15, 0.2) is 0 Å². The molecular formula is C24H23ClN2O4. The number of fused-ring (bicyclic) bond motifs is 1. The number of nitrogens with one attached hydrogen (secondary N) is 1. The van der Waals surface area contributed by atoms with Gasteiger partial charge < -0.3 is 4.90 Å². The minimum Gasteiger partial charge on any atom is -0.320 e. The molecule has 0 radical (unpaired) electrons. The molecule has 160 valence electrons. The number of imide groups is 1. The summed E-state index contributed by atoms with van der Waals surface area (Å²) in [4.78, 5) is 50.8.